The number of aliphatic carboxylic acids is 1. The van der Waals surface area contributed by atoms with Crippen molar-refractivity contribution in [3.63, 3.8) is 0 Å². The van der Waals surface area contributed by atoms with Gasteiger partial charge >= 0.3 is 11.9 Å². The van der Waals surface area contributed by atoms with E-state index in [1.807, 2.05) is 0 Å². The van der Waals surface area contributed by atoms with Gasteiger partial charge in [-0.2, -0.15) is 0 Å². The van der Waals surface area contributed by atoms with Crippen LogP contribution in [0.1, 0.15) is 112 Å². The molecule has 2 aliphatic carbocycles. The van der Waals surface area contributed by atoms with E-state index in [4.69, 9.17) is 4.74 Å². The van der Waals surface area contributed by atoms with Crippen molar-refractivity contribution >= 4 is 11.9 Å². The first-order valence-electron chi connectivity index (χ1n) is 13.4. The summed E-state index contributed by atoms with van der Waals surface area (Å²) >= 11 is 0. The summed E-state index contributed by atoms with van der Waals surface area (Å²) in [6.07, 6.45) is 12.3. The number of unbranched alkanes of at least 4 members (excludes halogenated alkanes) is 4. The van der Waals surface area contributed by atoms with E-state index in [1.165, 1.54) is 44.9 Å². The van der Waals surface area contributed by atoms with Crippen LogP contribution in [-0.4, -0.2) is 23.7 Å². The van der Waals surface area contributed by atoms with Gasteiger partial charge in [0.15, 0.2) is 0 Å². The van der Waals surface area contributed by atoms with Crippen LogP contribution in [0.25, 0.3) is 0 Å². The summed E-state index contributed by atoms with van der Waals surface area (Å²) in [5, 5.41) is 9.60. The lowest BCUT2D eigenvalue weighted by atomic mass is 9.60. The Kier molecular flexibility index (Phi) is 10.5. The molecule has 0 aromatic rings. The predicted molar refractivity (Wildman–Crippen MR) is 130 cm³/mol. The van der Waals surface area contributed by atoms with E-state index in [0.717, 1.165) is 12.8 Å². The minimum absolute atomic E-state index is 0.273. The van der Waals surface area contributed by atoms with Crippen LogP contribution in [0.15, 0.2) is 0 Å². The van der Waals surface area contributed by atoms with Gasteiger partial charge in [-0.3, -0.25) is 9.59 Å². The summed E-state index contributed by atoms with van der Waals surface area (Å²) in [6, 6.07) is 0. The van der Waals surface area contributed by atoms with Crippen molar-refractivity contribution in [3.8, 4) is 0 Å². The second kappa shape index (κ2) is 12.4. The van der Waals surface area contributed by atoms with E-state index in [2.05, 4.69) is 41.5 Å². The maximum Gasteiger partial charge on any atom is 0.309 e. The van der Waals surface area contributed by atoms with Gasteiger partial charge in [0.1, 0.15) is 0 Å². The third-order valence-corrected chi connectivity index (χ3v) is 8.57. The van der Waals surface area contributed by atoms with Gasteiger partial charge in [-0.15, -0.1) is 0 Å². The summed E-state index contributed by atoms with van der Waals surface area (Å²) < 4.78 is 5.83. The number of carboxylic acids is 1. The van der Waals surface area contributed by atoms with Crippen molar-refractivity contribution in [3.05, 3.63) is 0 Å². The molecule has 0 heterocycles. The first kappa shape index (κ1) is 27.2. The van der Waals surface area contributed by atoms with Gasteiger partial charge in [-0.05, 0) is 67.1 Å². The standard InChI is InChI=1S/C28H50O4/c1-7-8-9-10-11-12-21-17-22(20(3)16-25(21)28(4,5)6)18-32-27(31)23-14-13-19(2)15-24(23)26(29)30/h19-25H,7-18H2,1-6H3,(H,29,30). The highest BCUT2D eigenvalue weighted by Crippen LogP contribution is 2.48. The fraction of sp³-hybridized carbons (Fsp3) is 0.929. The molecular weight excluding hydrogens is 400 g/mol. The average Bonchev–Trinajstić information content (AvgIpc) is 2.72. The van der Waals surface area contributed by atoms with Crippen molar-refractivity contribution in [2.45, 2.75) is 112 Å². The molecule has 2 saturated carbocycles. The summed E-state index contributed by atoms with van der Waals surface area (Å²) in [7, 11) is 0. The topological polar surface area (TPSA) is 63.6 Å². The van der Waals surface area contributed by atoms with Crippen molar-refractivity contribution in [2.24, 2.45) is 46.8 Å². The van der Waals surface area contributed by atoms with Crippen LogP contribution in [0, 0.1) is 46.8 Å². The molecule has 2 fully saturated rings. The fourth-order valence-electron chi connectivity index (χ4n) is 6.43. The first-order valence-corrected chi connectivity index (χ1v) is 13.4. The molecule has 1 N–H and O–H groups in total. The van der Waals surface area contributed by atoms with Crippen LogP contribution in [0.5, 0.6) is 0 Å². The molecule has 0 amide bonds. The lowest BCUT2D eigenvalue weighted by Gasteiger charge is -2.46. The predicted octanol–water partition coefficient (Wildman–Crippen LogP) is 7.35. The quantitative estimate of drug-likeness (QED) is 0.279. The van der Waals surface area contributed by atoms with Gasteiger partial charge in [0.05, 0.1) is 18.4 Å². The minimum atomic E-state index is -0.847. The van der Waals surface area contributed by atoms with Crippen LogP contribution in [-0.2, 0) is 14.3 Å². The van der Waals surface area contributed by atoms with E-state index in [-0.39, 0.29) is 5.97 Å². The van der Waals surface area contributed by atoms with Gasteiger partial charge in [-0.1, -0.05) is 80.1 Å². The van der Waals surface area contributed by atoms with Gasteiger partial charge in [0, 0.05) is 0 Å². The van der Waals surface area contributed by atoms with E-state index in [1.54, 1.807) is 0 Å². The summed E-state index contributed by atoms with van der Waals surface area (Å²) in [6.45, 7) is 14.3. The van der Waals surface area contributed by atoms with Crippen molar-refractivity contribution in [1.82, 2.24) is 0 Å². The normalized spacial score (nSPS) is 33.6. The van der Waals surface area contributed by atoms with Crippen LogP contribution in [0.3, 0.4) is 0 Å². The molecule has 0 aromatic heterocycles. The second-order valence-electron chi connectivity index (χ2n) is 12.2. The zero-order chi connectivity index (χ0) is 23.9. The largest absolute Gasteiger partial charge is 0.481 e. The van der Waals surface area contributed by atoms with Gasteiger partial charge < -0.3 is 9.84 Å². The molecule has 0 radical (unpaired) electrons. The number of esters is 1. The van der Waals surface area contributed by atoms with E-state index >= 15 is 0 Å². The maximum absolute atomic E-state index is 12.9. The molecule has 7 unspecified atom stereocenters. The monoisotopic (exact) mass is 450 g/mol. The van der Waals surface area contributed by atoms with Crippen molar-refractivity contribution in [2.75, 3.05) is 6.61 Å². The van der Waals surface area contributed by atoms with E-state index < -0.39 is 17.8 Å². The number of carboxylic acid groups (broad SMARTS) is 1. The number of carbonyl (C=O) groups is 2. The average molecular weight is 451 g/mol. The Labute approximate surface area is 197 Å². The van der Waals surface area contributed by atoms with Crippen molar-refractivity contribution < 1.29 is 19.4 Å². The molecule has 0 aliphatic heterocycles. The lowest BCUT2D eigenvalue weighted by Crippen LogP contribution is -2.40. The smallest absolute Gasteiger partial charge is 0.309 e. The molecule has 0 bridgehead atoms. The van der Waals surface area contributed by atoms with Crippen LogP contribution < -0.4 is 0 Å². The zero-order valence-electron chi connectivity index (χ0n) is 21.7. The molecule has 0 saturated heterocycles. The highest BCUT2D eigenvalue weighted by molar-refractivity contribution is 5.81. The second-order valence-corrected chi connectivity index (χ2v) is 12.2. The van der Waals surface area contributed by atoms with Gasteiger partial charge in [0.2, 0.25) is 0 Å². The minimum Gasteiger partial charge on any atom is -0.481 e. The number of rotatable bonds is 10. The summed E-state index contributed by atoms with van der Waals surface area (Å²) in [4.78, 5) is 24.6. The number of ether oxygens (including phenoxy) is 1. The number of hydrogen-bond acceptors (Lipinski definition) is 3. The maximum atomic E-state index is 12.9. The third-order valence-electron chi connectivity index (χ3n) is 8.57. The first-order chi connectivity index (χ1) is 15.0. The third kappa shape index (κ3) is 7.76. The Hall–Kier alpha value is -1.06. The molecule has 186 valence electrons. The number of hydrogen-bond donors (Lipinski definition) is 1. The molecule has 0 spiro atoms. The fourth-order valence-corrected chi connectivity index (χ4v) is 6.43. The van der Waals surface area contributed by atoms with Crippen LogP contribution in [0.2, 0.25) is 0 Å². The summed E-state index contributed by atoms with van der Waals surface area (Å²) in [5.41, 5.74) is 0.303. The highest BCUT2D eigenvalue weighted by atomic mass is 16.5. The molecule has 4 nitrogen and oxygen atoms in total. The highest BCUT2D eigenvalue weighted by Gasteiger charge is 2.42. The molecule has 32 heavy (non-hydrogen) atoms. The molecule has 2 rings (SSSR count). The molecular formula is C28H50O4. The van der Waals surface area contributed by atoms with Gasteiger partial charge in [0.25, 0.3) is 0 Å². The van der Waals surface area contributed by atoms with E-state index in [9.17, 15) is 14.7 Å². The Morgan fingerprint density at radius 2 is 1.59 bits per heavy atom. The molecule has 2 aliphatic rings. The molecule has 4 heteroatoms. The Morgan fingerprint density at radius 3 is 2.22 bits per heavy atom. The molecule has 7 atom stereocenters. The van der Waals surface area contributed by atoms with Crippen LogP contribution in [0.4, 0.5) is 0 Å². The molecule has 0 aromatic carbocycles. The Morgan fingerprint density at radius 1 is 0.906 bits per heavy atom. The Balaban J connectivity index is 1.95. The number of carbonyl (C=O) groups excluding carboxylic acids is 1. The zero-order valence-corrected chi connectivity index (χ0v) is 21.7. The van der Waals surface area contributed by atoms with Gasteiger partial charge in [-0.25, -0.2) is 0 Å². The van der Waals surface area contributed by atoms with E-state index in [0.29, 0.717) is 54.5 Å². The van der Waals surface area contributed by atoms with Crippen LogP contribution >= 0.6 is 0 Å². The Bertz CT molecular complexity index is 593. The lowest BCUT2D eigenvalue weighted by molar-refractivity contribution is -0.162. The SMILES string of the molecule is CCCCCCCC1CC(COC(=O)C2CCC(C)CC2C(=O)O)C(C)CC1C(C)(C)C. The summed E-state index contributed by atoms with van der Waals surface area (Å²) in [5.74, 6) is 0.521. The van der Waals surface area contributed by atoms with Crippen molar-refractivity contribution in [1.29, 1.82) is 0 Å².